The number of hydrogen-bond acceptors (Lipinski definition) is 5. The fourth-order valence-electron chi connectivity index (χ4n) is 3.71. The maximum atomic E-state index is 12.7. The SMILES string of the molecule is CCOC(=O)/C(=C\c1cc(C)n(C(C)C)c1C)c1nc2sc(C)c(C)c2c(=O)[nH]1. The zero-order chi connectivity index (χ0) is 21.5. The lowest BCUT2D eigenvalue weighted by molar-refractivity contribution is -0.136. The van der Waals surface area contributed by atoms with Crippen molar-refractivity contribution >= 4 is 39.2 Å². The monoisotopic (exact) mass is 413 g/mol. The molecule has 0 amide bonds. The molecule has 0 aliphatic heterocycles. The number of nitrogens with zero attached hydrogens (tertiary/aromatic N) is 2. The number of aromatic nitrogens is 3. The number of thiophene rings is 1. The molecular weight excluding hydrogens is 386 g/mol. The van der Waals surface area contributed by atoms with Crippen LogP contribution in [0.2, 0.25) is 0 Å². The quantitative estimate of drug-likeness (QED) is 0.486. The lowest BCUT2D eigenvalue weighted by atomic mass is 10.1. The minimum Gasteiger partial charge on any atom is -0.462 e. The van der Waals surface area contributed by atoms with Crippen molar-refractivity contribution in [3.63, 3.8) is 0 Å². The Morgan fingerprint density at radius 1 is 1.31 bits per heavy atom. The Morgan fingerprint density at radius 2 is 2.00 bits per heavy atom. The number of rotatable bonds is 5. The molecule has 7 heteroatoms. The molecule has 29 heavy (non-hydrogen) atoms. The van der Waals surface area contributed by atoms with Crippen LogP contribution >= 0.6 is 11.3 Å². The van der Waals surface area contributed by atoms with E-state index in [0.29, 0.717) is 16.3 Å². The van der Waals surface area contributed by atoms with Crippen LogP contribution in [0.1, 0.15) is 60.0 Å². The molecule has 3 heterocycles. The van der Waals surface area contributed by atoms with E-state index < -0.39 is 5.97 Å². The van der Waals surface area contributed by atoms with Gasteiger partial charge in [0.2, 0.25) is 0 Å². The van der Waals surface area contributed by atoms with Gasteiger partial charge < -0.3 is 14.3 Å². The Labute approximate surface area is 174 Å². The van der Waals surface area contributed by atoms with Gasteiger partial charge in [-0.1, -0.05) is 0 Å². The molecule has 0 aliphatic rings. The van der Waals surface area contributed by atoms with Crippen LogP contribution < -0.4 is 5.56 Å². The molecule has 0 radical (unpaired) electrons. The topological polar surface area (TPSA) is 77.0 Å². The lowest BCUT2D eigenvalue weighted by Gasteiger charge is -2.13. The molecule has 6 nitrogen and oxygen atoms in total. The normalized spacial score (nSPS) is 12.2. The number of fused-ring (bicyclic) bond motifs is 1. The molecule has 0 unspecified atom stereocenters. The van der Waals surface area contributed by atoms with Gasteiger partial charge in [0.25, 0.3) is 5.56 Å². The van der Waals surface area contributed by atoms with Gasteiger partial charge in [-0.15, -0.1) is 11.3 Å². The number of aryl methyl sites for hydroxylation is 3. The molecule has 3 aromatic rings. The van der Waals surface area contributed by atoms with Gasteiger partial charge in [0.05, 0.1) is 12.0 Å². The first-order valence-electron chi connectivity index (χ1n) is 9.73. The Hall–Kier alpha value is -2.67. The van der Waals surface area contributed by atoms with Gasteiger partial charge in [-0.3, -0.25) is 4.79 Å². The largest absolute Gasteiger partial charge is 0.462 e. The van der Waals surface area contributed by atoms with Crippen LogP contribution in [-0.4, -0.2) is 27.1 Å². The number of carbonyl (C=O) groups is 1. The second kappa shape index (κ2) is 7.99. The summed E-state index contributed by atoms with van der Waals surface area (Å²) in [6, 6.07) is 2.33. The van der Waals surface area contributed by atoms with Crippen LogP contribution in [0.5, 0.6) is 0 Å². The van der Waals surface area contributed by atoms with Crippen LogP contribution in [-0.2, 0) is 9.53 Å². The molecule has 0 saturated heterocycles. The van der Waals surface area contributed by atoms with Crippen molar-refractivity contribution in [2.24, 2.45) is 0 Å². The fourth-order valence-corrected chi connectivity index (χ4v) is 4.74. The second-order valence-electron chi connectivity index (χ2n) is 7.45. The number of nitrogens with one attached hydrogen (secondary N) is 1. The molecule has 0 bridgehead atoms. The molecule has 0 atom stereocenters. The lowest BCUT2D eigenvalue weighted by Crippen LogP contribution is -2.15. The molecule has 1 N–H and O–H groups in total. The maximum Gasteiger partial charge on any atom is 0.341 e. The maximum absolute atomic E-state index is 12.7. The predicted octanol–water partition coefficient (Wildman–Crippen LogP) is 4.70. The summed E-state index contributed by atoms with van der Waals surface area (Å²) in [6.07, 6.45) is 1.76. The van der Waals surface area contributed by atoms with E-state index in [1.807, 2.05) is 33.8 Å². The van der Waals surface area contributed by atoms with Crippen molar-refractivity contribution in [1.82, 2.24) is 14.5 Å². The highest BCUT2D eigenvalue weighted by atomic mass is 32.1. The Bertz CT molecular complexity index is 1180. The van der Waals surface area contributed by atoms with Gasteiger partial charge in [-0.25, -0.2) is 9.78 Å². The van der Waals surface area contributed by atoms with Crippen molar-refractivity contribution in [3.05, 3.63) is 49.6 Å². The van der Waals surface area contributed by atoms with Crippen molar-refractivity contribution in [2.45, 2.75) is 54.5 Å². The van der Waals surface area contributed by atoms with Gasteiger partial charge in [0.1, 0.15) is 16.2 Å². The first-order valence-corrected chi connectivity index (χ1v) is 10.5. The summed E-state index contributed by atoms with van der Waals surface area (Å²) in [5.74, 6) is -0.272. The van der Waals surface area contributed by atoms with E-state index in [4.69, 9.17) is 4.74 Å². The van der Waals surface area contributed by atoms with Crippen molar-refractivity contribution < 1.29 is 9.53 Å². The highest BCUT2D eigenvalue weighted by Crippen LogP contribution is 2.28. The van der Waals surface area contributed by atoms with E-state index in [1.54, 1.807) is 13.0 Å². The smallest absolute Gasteiger partial charge is 0.341 e. The molecular formula is C22H27N3O3S. The summed E-state index contributed by atoms with van der Waals surface area (Å²) in [6.45, 7) is 14.2. The Morgan fingerprint density at radius 3 is 2.59 bits per heavy atom. The third kappa shape index (κ3) is 3.79. The van der Waals surface area contributed by atoms with Crippen molar-refractivity contribution in [2.75, 3.05) is 6.61 Å². The van der Waals surface area contributed by atoms with Gasteiger partial charge >= 0.3 is 5.97 Å². The number of esters is 1. The standard InChI is InChI=1S/C22H27N3O3S/c1-8-28-22(27)17(10-16-9-12(4)25(11(2)3)14(16)6)19-23-20(26)18-13(5)15(7)29-21(18)24-19/h9-11H,8H2,1-7H3,(H,23,24,26)/b17-10-. The van der Waals surface area contributed by atoms with E-state index >= 15 is 0 Å². The molecule has 3 rings (SSSR count). The number of aromatic amines is 1. The summed E-state index contributed by atoms with van der Waals surface area (Å²) in [7, 11) is 0. The van der Waals surface area contributed by atoms with Gasteiger partial charge in [-0.2, -0.15) is 0 Å². The highest BCUT2D eigenvalue weighted by molar-refractivity contribution is 7.18. The first-order chi connectivity index (χ1) is 13.6. The van der Waals surface area contributed by atoms with E-state index in [-0.39, 0.29) is 23.6 Å². The van der Waals surface area contributed by atoms with Crippen molar-refractivity contribution in [1.29, 1.82) is 0 Å². The van der Waals surface area contributed by atoms with Gasteiger partial charge in [0, 0.05) is 22.3 Å². The summed E-state index contributed by atoms with van der Waals surface area (Å²) in [5.41, 5.74) is 3.99. The van der Waals surface area contributed by atoms with Gasteiger partial charge in [0.15, 0.2) is 0 Å². The molecule has 0 spiro atoms. The van der Waals surface area contributed by atoms with Crippen LogP contribution in [0.4, 0.5) is 0 Å². The summed E-state index contributed by atoms with van der Waals surface area (Å²) in [4.78, 5) is 34.5. The summed E-state index contributed by atoms with van der Waals surface area (Å²) in [5, 5.41) is 0.581. The number of carbonyl (C=O) groups excluding carboxylic acids is 1. The molecule has 0 aromatic carbocycles. The third-order valence-electron chi connectivity index (χ3n) is 5.13. The number of hydrogen-bond donors (Lipinski definition) is 1. The van der Waals surface area contributed by atoms with E-state index in [9.17, 15) is 9.59 Å². The van der Waals surface area contributed by atoms with E-state index in [1.165, 1.54) is 11.3 Å². The predicted molar refractivity (Wildman–Crippen MR) is 119 cm³/mol. The van der Waals surface area contributed by atoms with Crippen LogP contribution in [0, 0.1) is 27.7 Å². The molecule has 3 aromatic heterocycles. The number of H-pyrrole nitrogens is 1. The zero-order valence-corrected chi connectivity index (χ0v) is 18.8. The molecule has 0 saturated carbocycles. The second-order valence-corrected chi connectivity index (χ2v) is 8.65. The zero-order valence-electron chi connectivity index (χ0n) is 18.0. The molecule has 0 aliphatic carbocycles. The summed E-state index contributed by atoms with van der Waals surface area (Å²) < 4.78 is 7.47. The minimum absolute atomic E-state index is 0.233. The number of ether oxygens (including phenoxy) is 1. The van der Waals surface area contributed by atoms with Crippen LogP contribution in [0.3, 0.4) is 0 Å². The fraction of sp³-hybridized carbons (Fsp3) is 0.409. The third-order valence-corrected chi connectivity index (χ3v) is 6.23. The highest BCUT2D eigenvalue weighted by Gasteiger charge is 2.21. The minimum atomic E-state index is -0.505. The molecule has 154 valence electrons. The first kappa shape index (κ1) is 21.0. The Balaban J connectivity index is 2.23. The van der Waals surface area contributed by atoms with Gasteiger partial charge in [-0.05, 0) is 71.7 Å². The van der Waals surface area contributed by atoms with Crippen LogP contribution in [0.25, 0.3) is 21.9 Å². The average molecular weight is 414 g/mol. The van der Waals surface area contributed by atoms with Crippen LogP contribution in [0.15, 0.2) is 10.9 Å². The average Bonchev–Trinajstić information content (AvgIpc) is 3.08. The van der Waals surface area contributed by atoms with Crippen molar-refractivity contribution in [3.8, 4) is 0 Å². The van der Waals surface area contributed by atoms with E-state index in [2.05, 4.69) is 28.4 Å². The summed E-state index contributed by atoms with van der Waals surface area (Å²) >= 11 is 1.45. The Kier molecular flexibility index (Phi) is 5.80. The van der Waals surface area contributed by atoms with E-state index in [0.717, 1.165) is 27.4 Å². The molecule has 0 fully saturated rings.